The summed E-state index contributed by atoms with van der Waals surface area (Å²) in [7, 11) is 3.30. The van der Waals surface area contributed by atoms with Crippen molar-refractivity contribution < 1.29 is 14.3 Å². The summed E-state index contributed by atoms with van der Waals surface area (Å²) in [5, 5.41) is 10.1. The molecule has 1 aliphatic rings. The van der Waals surface area contributed by atoms with Gasteiger partial charge in [0.1, 0.15) is 0 Å². The number of aryl methyl sites for hydroxylation is 1. The lowest BCUT2D eigenvalue weighted by Crippen LogP contribution is -2.40. The number of ether oxygens (including phenoxy) is 1. The quantitative estimate of drug-likeness (QED) is 0.602. The van der Waals surface area contributed by atoms with Gasteiger partial charge >= 0.3 is 12.0 Å². The maximum atomic E-state index is 11.9. The molecule has 0 aliphatic heterocycles. The lowest BCUT2D eigenvalue weighted by molar-refractivity contribution is -0.137. The summed E-state index contributed by atoms with van der Waals surface area (Å²) in [6, 6.07) is -0.152. The molecular weight excluding hydrogens is 304 g/mol. The summed E-state index contributed by atoms with van der Waals surface area (Å²) in [6.45, 7) is 0.514. The number of carbonyl (C=O) groups is 2. The Morgan fingerprint density at radius 3 is 3.14 bits per heavy atom. The number of methoxy groups -OCH3 is 1. The lowest BCUT2D eigenvalue weighted by Gasteiger charge is -2.23. The van der Waals surface area contributed by atoms with E-state index in [1.807, 2.05) is 17.9 Å². The average molecular weight is 326 g/mol. The lowest BCUT2D eigenvalue weighted by atomic mass is 9.93. The molecule has 2 rings (SSSR count). The second-order valence-electron chi connectivity index (χ2n) is 5.14. The van der Waals surface area contributed by atoms with Crippen LogP contribution < -0.4 is 10.6 Å². The zero-order valence-electron chi connectivity index (χ0n) is 12.9. The maximum absolute atomic E-state index is 11.9. The zero-order chi connectivity index (χ0) is 15.9. The van der Waals surface area contributed by atoms with E-state index >= 15 is 0 Å². The second kappa shape index (κ2) is 8.07. The number of nitrogens with zero attached hydrogens (tertiary/aromatic N) is 2. The molecule has 22 heavy (non-hydrogen) atoms. The first-order valence-corrected chi connectivity index (χ1v) is 8.47. The second-order valence-corrected chi connectivity index (χ2v) is 6.25. The summed E-state index contributed by atoms with van der Waals surface area (Å²) in [4.78, 5) is 22.9. The number of aromatic nitrogens is 2. The minimum Gasteiger partial charge on any atom is -0.468 e. The Labute approximate surface area is 134 Å². The number of fused-ring (bicyclic) bond motifs is 1. The van der Waals surface area contributed by atoms with Crippen molar-refractivity contribution in [3.63, 3.8) is 0 Å². The third-order valence-electron chi connectivity index (χ3n) is 3.66. The van der Waals surface area contributed by atoms with Crippen molar-refractivity contribution in [1.82, 2.24) is 20.4 Å². The molecule has 0 bridgehead atoms. The van der Waals surface area contributed by atoms with Crippen LogP contribution in [0.1, 0.15) is 30.1 Å². The number of hydrogen-bond donors (Lipinski definition) is 2. The van der Waals surface area contributed by atoms with E-state index in [1.54, 1.807) is 0 Å². The van der Waals surface area contributed by atoms with E-state index in [1.165, 1.54) is 24.6 Å². The Hall–Kier alpha value is -1.70. The third-order valence-corrected chi connectivity index (χ3v) is 4.59. The van der Waals surface area contributed by atoms with Crippen LogP contribution in [0.2, 0.25) is 0 Å². The van der Waals surface area contributed by atoms with E-state index in [-0.39, 0.29) is 18.0 Å². The van der Waals surface area contributed by atoms with Crippen molar-refractivity contribution in [3.05, 3.63) is 17.5 Å². The molecule has 1 aliphatic carbocycles. The highest BCUT2D eigenvalue weighted by Crippen LogP contribution is 2.28. The van der Waals surface area contributed by atoms with Gasteiger partial charge in [0.05, 0.1) is 25.1 Å². The van der Waals surface area contributed by atoms with Gasteiger partial charge in [0.15, 0.2) is 0 Å². The van der Waals surface area contributed by atoms with Crippen LogP contribution in [0.4, 0.5) is 4.79 Å². The first-order valence-electron chi connectivity index (χ1n) is 7.31. The summed E-state index contributed by atoms with van der Waals surface area (Å²) in [5.41, 5.74) is 2.31. The monoisotopic (exact) mass is 326 g/mol. The van der Waals surface area contributed by atoms with E-state index in [0.29, 0.717) is 18.1 Å². The molecule has 2 amide bonds. The van der Waals surface area contributed by atoms with E-state index in [4.69, 9.17) is 0 Å². The Bertz CT molecular complexity index is 532. The maximum Gasteiger partial charge on any atom is 0.315 e. The highest BCUT2D eigenvalue weighted by molar-refractivity contribution is 7.99. The van der Waals surface area contributed by atoms with Crippen LogP contribution in [-0.4, -0.2) is 46.9 Å². The van der Waals surface area contributed by atoms with Gasteiger partial charge in [0, 0.05) is 30.6 Å². The molecule has 1 unspecified atom stereocenters. The standard InChI is InChI=1S/C14H22N4O3S/c1-18-12-5-3-4-11(10(12)8-16-18)17-14(20)15-6-7-22-9-13(19)21-2/h8,11H,3-7,9H2,1-2H3,(H2,15,17,20). The molecule has 0 saturated heterocycles. The summed E-state index contributed by atoms with van der Waals surface area (Å²) >= 11 is 1.44. The molecule has 0 fully saturated rings. The van der Waals surface area contributed by atoms with Crippen molar-refractivity contribution in [1.29, 1.82) is 0 Å². The van der Waals surface area contributed by atoms with Crippen LogP contribution >= 0.6 is 11.8 Å². The Morgan fingerprint density at radius 1 is 1.55 bits per heavy atom. The fraction of sp³-hybridized carbons (Fsp3) is 0.643. The van der Waals surface area contributed by atoms with Gasteiger partial charge in [0.25, 0.3) is 0 Å². The normalized spacial score (nSPS) is 16.7. The number of carbonyl (C=O) groups excluding carboxylic acids is 2. The van der Waals surface area contributed by atoms with Crippen LogP contribution in [-0.2, 0) is 23.0 Å². The van der Waals surface area contributed by atoms with Crippen LogP contribution in [0, 0.1) is 0 Å². The molecule has 122 valence electrons. The van der Waals surface area contributed by atoms with E-state index in [9.17, 15) is 9.59 Å². The van der Waals surface area contributed by atoms with Gasteiger partial charge in [-0.15, -0.1) is 11.8 Å². The van der Waals surface area contributed by atoms with E-state index in [0.717, 1.165) is 24.8 Å². The number of amides is 2. The summed E-state index contributed by atoms with van der Waals surface area (Å²) in [6.07, 6.45) is 4.83. The van der Waals surface area contributed by atoms with Crippen molar-refractivity contribution in [3.8, 4) is 0 Å². The molecule has 0 spiro atoms. The number of nitrogens with one attached hydrogen (secondary N) is 2. The van der Waals surface area contributed by atoms with Crippen molar-refractivity contribution in [2.24, 2.45) is 7.05 Å². The minimum atomic E-state index is -0.249. The fourth-order valence-electron chi connectivity index (χ4n) is 2.52. The molecule has 2 N–H and O–H groups in total. The number of hydrogen-bond acceptors (Lipinski definition) is 5. The van der Waals surface area contributed by atoms with E-state index in [2.05, 4.69) is 20.5 Å². The number of rotatable bonds is 6. The topological polar surface area (TPSA) is 85.2 Å². The molecule has 0 radical (unpaired) electrons. The highest BCUT2D eigenvalue weighted by atomic mass is 32.2. The van der Waals surface area contributed by atoms with Crippen molar-refractivity contribution >= 4 is 23.8 Å². The number of thioether (sulfide) groups is 1. The predicted octanol–water partition coefficient (Wildman–Crippen LogP) is 1.00. The first-order chi connectivity index (χ1) is 10.6. The average Bonchev–Trinajstić information content (AvgIpc) is 2.89. The van der Waals surface area contributed by atoms with Crippen LogP contribution in [0.15, 0.2) is 6.20 Å². The Balaban J connectivity index is 1.71. The van der Waals surface area contributed by atoms with Gasteiger partial charge in [-0.05, 0) is 19.3 Å². The highest BCUT2D eigenvalue weighted by Gasteiger charge is 2.24. The minimum absolute atomic E-state index is 0.0279. The predicted molar refractivity (Wildman–Crippen MR) is 84.8 cm³/mol. The van der Waals surface area contributed by atoms with Crippen LogP contribution in [0.5, 0.6) is 0 Å². The number of esters is 1. The molecule has 7 nitrogen and oxygen atoms in total. The van der Waals surface area contributed by atoms with Gasteiger partial charge in [-0.1, -0.05) is 0 Å². The van der Waals surface area contributed by atoms with Crippen LogP contribution in [0.3, 0.4) is 0 Å². The largest absolute Gasteiger partial charge is 0.468 e. The van der Waals surface area contributed by atoms with Crippen molar-refractivity contribution in [2.45, 2.75) is 25.3 Å². The van der Waals surface area contributed by atoms with Gasteiger partial charge < -0.3 is 15.4 Å². The summed E-state index contributed by atoms with van der Waals surface area (Å²) in [5.74, 6) is 0.730. The van der Waals surface area contributed by atoms with Gasteiger partial charge in [-0.2, -0.15) is 5.10 Å². The third kappa shape index (κ3) is 4.40. The summed E-state index contributed by atoms with van der Waals surface area (Å²) < 4.78 is 6.43. The van der Waals surface area contributed by atoms with Gasteiger partial charge in [-0.25, -0.2) is 4.79 Å². The van der Waals surface area contributed by atoms with E-state index < -0.39 is 0 Å². The molecular formula is C14H22N4O3S. The van der Waals surface area contributed by atoms with Crippen LogP contribution in [0.25, 0.3) is 0 Å². The first kappa shape index (κ1) is 16.7. The zero-order valence-corrected chi connectivity index (χ0v) is 13.7. The van der Waals surface area contributed by atoms with Gasteiger partial charge in [-0.3, -0.25) is 9.48 Å². The molecule has 1 aromatic rings. The molecule has 1 heterocycles. The molecule has 8 heteroatoms. The van der Waals surface area contributed by atoms with Crippen molar-refractivity contribution in [2.75, 3.05) is 25.2 Å². The molecule has 1 aromatic heterocycles. The fourth-order valence-corrected chi connectivity index (χ4v) is 3.19. The van der Waals surface area contributed by atoms with Gasteiger partial charge in [0.2, 0.25) is 0 Å². The molecule has 0 saturated carbocycles. The Morgan fingerprint density at radius 2 is 2.36 bits per heavy atom. The number of urea groups is 1. The smallest absolute Gasteiger partial charge is 0.315 e. The molecule has 0 aromatic carbocycles. The molecule has 1 atom stereocenters. The Kier molecular flexibility index (Phi) is 6.11. The SMILES string of the molecule is COC(=O)CSCCNC(=O)NC1CCCc2c1cnn2C.